The standard InChI is InChI=1S/C17H22N4OS/c1-12-11-23-17(19-12)21-9-8-20(10-13(21)2)15(16(18)22)14-6-4-3-5-7-14/h3-7,11,13,15H,8-10H2,1-2H3,(H2,18,22)/t13-,15+/m0/s1. The van der Waals surface area contributed by atoms with Gasteiger partial charge in [-0.15, -0.1) is 11.3 Å². The number of nitrogens with two attached hydrogens (primary N) is 1. The summed E-state index contributed by atoms with van der Waals surface area (Å²) >= 11 is 1.68. The van der Waals surface area contributed by atoms with Crippen LogP contribution in [0.3, 0.4) is 0 Å². The first-order valence-electron chi connectivity index (χ1n) is 7.83. The van der Waals surface area contributed by atoms with Crippen molar-refractivity contribution in [2.75, 3.05) is 24.5 Å². The molecule has 1 fully saturated rings. The Bertz CT molecular complexity index is 672. The molecule has 1 aliphatic heterocycles. The lowest BCUT2D eigenvalue weighted by Crippen LogP contribution is -2.54. The molecular formula is C17H22N4OS. The summed E-state index contributed by atoms with van der Waals surface area (Å²) in [5.41, 5.74) is 7.71. The Labute approximate surface area is 140 Å². The second kappa shape index (κ2) is 6.68. The van der Waals surface area contributed by atoms with Crippen LogP contribution in [0.1, 0.15) is 24.2 Å². The molecule has 0 bridgehead atoms. The molecule has 5 nitrogen and oxygen atoms in total. The molecule has 122 valence electrons. The quantitative estimate of drug-likeness (QED) is 0.933. The zero-order valence-electron chi connectivity index (χ0n) is 13.5. The number of benzene rings is 1. The van der Waals surface area contributed by atoms with E-state index >= 15 is 0 Å². The Kier molecular flexibility index (Phi) is 4.63. The van der Waals surface area contributed by atoms with E-state index in [9.17, 15) is 4.79 Å². The van der Waals surface area contributed by atoms with Gasteiger partial charge in [-0.25, -0.2) is 4.98 Å². The smallest absolute Gasteiger partial charge is 0.239 e. The largest absolute Gasteiger partial charge is 0.368 e. The highest BCUT2D eigenvalue weighted by Gasteiger charge is 2.32. The van der Waals surface area contributed by atoms with E-state index in [0.717, 1.165) is 36.0 Å². The van der Waals surface area contributed by atoms with E-state index in [4.69, 9.17) is 5.73 Å². The van der Waals surface area contributed by atoms with Crippen molar-refractivity contribution in [1.29, 1.82) is 0 Å². The Morgan fingerprint density at radius 3 is 2.65 bits per heavy atom. The van der Waals surface area contributed by atoms with Gasteiger partial charge in [0.1, 0.15) is 6.04 Å². The van der Waals surface area contributed by atoms with Crippen molar-refractivity contribution in [2.24, 2.45) is 5.73 Å². The van der Waals surface area contributed by atoms with Gasteiger partial charge in [-0.3, -0.25) is 9.69 Å². The van der Waals surface area contributed by atoms with Crippen LogP contribution in [0.4, 0.5) is 5.13 Å². The number of primary amides is 1. The molecule has 1 aromatic heterocycles. The molecule has 23 heavy (non-hydrogen) atoms. The molecule has 1 amide bonds. The summed E-state index contributed by atoms with van der Waals surface area (Å²) in [6.07, 6.45) is 0. The third-order valence-corrected chi connectivity index (χ3v) is 5.26. The number of thiazole rings is 1. The molecular weight excluding hydrogens is 308 g/mol. The zero-order valence-corrected chi connectivity index (χ0v) is 14.3. The fourth-order valence-electron chi connectivity index (χ4n) is 3.17. The van der Waals surface area contributed by atoms with Gasteiger partial charge in [0.15, 0.2) is 5.13 Å². The normalized spacial score (nSPS) is 20.4. The molecule has 2 atom stereocenters. The van der Waals surface area contributed by atoms with Crippen LogP contribution in [0, 0.1) is 6.92 Å². The Balaban J connectivity index is 1.76. The van der Waals surface area contributed by atoms with Crippen LogP contribution in [0.2, 0.25) is 0 Å². The molecule has 0 unspecified atom stereocenters. The third kappa shape index (κ3) is 3.38. The summed E-state index contributed by atoms with van der Waals surface area (Å²) in [6.45, 7) is 6.63. The number of carbonyl (C=O) groups excluding carboxylic acids is 1. The minimum absolute atomic E-state index is 0.290. The van der Waals surface area contributed by atoms with Crippen LogP contribution in [-0.4, -0.2) is 41.5 Å². The van der Waals surface area contributed by atoms with E-state index in [1.807, 2.05) is 37.3 Å². The summed E-state index contributed by atoms with van der Waals surface area (Å²) in [4.78, 5) is 21.1. The lowest BCUT2D eigenvalue weighted by atomic mass is 10.0. The van der Waals surface area contributed by atoms with Crippen LogP contribution in [0.5, 0.6) is 0 Å². The first kappa shape index (κ1) is 16.0. The molecule has 1 aliphatic rings. The zero-order chi connectivity index (χ0) is 16.4. The number of piperazine rings is 1. The molecule has 1 saturated heterocycles. The molecule has 2 aromatic rings. The number of aryl methyl sites for hydroxylation is 1. The van der Waals surface area contributed by atoms with Gasteiger partial charge in [-0.2, -0.15) is 0 Å². The van der Waals surface area contributed by atoms with Gasteiger partial charge < -0.3 is 10.6 Å². The van der Waals surface area contributed by atoms with Gasteiger partial charge in [0, 0.05) is 31.1 Å². The minimum Gasteiger partial charge on any atom is -0.368 e. The van der Waals surface area contributed by atoms with Gasteiger partial charge in [-0.05, 0) is 19.4 Å². The molecule has 2 heterocycles. The lowest BCUT2D eigenvalue weighted by Gasteiger charge is -2.42. The van der Waals surface area contributed by atoms with E-state index in [-0.39, 0.29) is 11.9 Å². The van der Waals surface area contributed by atoms with Gasteiger partial charge in [-0.1, -0.05) is 30.3 Å². The SMILES string of the molecule is Cc1csc(N2CCN([C@@H](C(N)=O)c3ccccc3)C[C@@H]2C)n1. The average molecular weight is 330 g/mol. The van der Waals surface area contributed by atoms with E-state index in [1.165, 1.54) is 0 Å². The Morgan fingerprint density at radius 2 is 2.09 bits per heavy atom. The summed E-state index contributed by atoms with van der Waals surface area (Å²) < 4.78 is 0. The van der Waals surface area contributed by atoms with Gasteiger partial charge in [0.05, 0.1) is 5.69 Å². The van der Waals surface area contributed by atoms with Crippen LogP contribution >= 0.6 is 11.3 Å². The number of aromatic nitrogens is 1. The second-order valence-electron chi connectivity index (χ2n) is 6.02. The fraction of sp³-hybridized carbons (Fsp3) is 0.412. The maximum atomic E-state index is 12.0. The second-order valence-corrected chi connectivity index (χ2v) is 6.86. The van der Waals surface area contributed by atoms with Gasteiger partial charge in [0.2, 0.25) is 5.91 Å². The number of nitrogens with zero attached hydrogens (tertiary/aromatic N) is 3. The maximum Gasteiger partial charge on any atom is 0.239 e. The molecule has 0 saturated carbocycles. The Morgan fingerprint density at radius 1 is 1.35 bits per heavy atom. The monoisotopic (exact) mass is 330 g/mol. The van der Waals surface area contributed by atoms with Gasteiger partial charge in [0.25, 0.3) is 0 Å². The Hall–Kier alpha value is -1.92. The maximum absolute atomic E-state index is 12.0. The number of rotatable bonds is 4. The number of hydrogen-bond donors (Lipinski definition) is 1. The van der Waals surface area contributed by atoms with Crippen LogP contribution in [0.25, 0.3) is 0 Å². The van der Waals surface area contributed by atoms with Crippen molar-refractivity contribution in [2.45, 2.75) is 25.9 Å². The summed E-state index contributed by atoms with van der Waals surface area (Å²) in [7, 11) is 0. The summed E-state index contributed by atoms with van der Waals surface area (Å²) in [5, 5.41) is 3.13. The molecule has 6 heteroatoms. The highest BCUT2D eigenvalue weighted by Crippen LogP contribution is 2.28. The number of carbonyl (C=O) groups is 1. The molecule has 0 aliphatic carbocycles. The van der Waals surface area contributed by atoms with Crippen molar-refractivity contribution in [1.82, 2.24) is 9.88 Å². The van der Waals surface area contributed by atoms with E-state index in [2.05, 4.69) is 27.1 Å². The first-order chi connectivity index (χ1) is 11.1. The molecule has 3 rings (SSSR count). The van der Waals surface area contributed by atoms with Crippen LogP contribution < -0.4 is 10.6 Å². The van der Waals surface area contributed by atoms with Crippen molar-refractivity contribution in [3.63, 3.8) is 0 Å². The predicted molar refractivity (Wildman–Crippen MR) is 93.6 cm³/mol. The van der Waals surface area contributed by atoms with E-state index in [1.54, 1.807) is 11.3 Å². The highest BCUT2D eigenvalue weighted by atomic mass is 32.1. The minimum atomic E-state index is -0.362. The first-order valence-corrected chi connectivity index (χ1v) is 8.71. The third-order valence-electron chi connectivity index (χ3n) is 4.26. The average Bonchev–Trinajstić information content (AvgIpc) is 2.94. The van der Waals surface area contributed by atoms with Crippen molar-refractivity contribution in [3.05, 3.63) is 47.0 Å². The fourth-order valence-corrected chi connectivity index (χ4v) is 4.10. The molecule has 2 N–H and O–H groups in total. The van der Waals surface area contributed by atoms with Crippen LogP contribution in [0.15, 0.2) is 35.7 Å². The summed E-state index contributed by atoms with van der Waals surface area (Å²) in [6, 6.07) is 9.71. The molecule has 1 aromatic carbocycles. The number of anilines is 1. The van der Waals surface area contributed by atoms with Crippen molar-refractivity contribution >= 4 is 22.4 Å². The van der Waals surface area contributed by atoms with E-state index < -0.39 is 0 Å². The molecule has 0 spiro atoms. The number of amides is 1. The number of hydrogen-bond acceptors (Lipinski definition) is 5. The topological polar surface area (TPSA) is 62.5 Å². The van der Waals surface area contributed by atoms with Crippen LogP contribution in [-0.2, 0) is 4.79 Å². The highest BCUT2D eigenvalue weighted by molar-refractivity contribution is 7.13. The van der Waals surface area contributed by atoms with Crippen molar-refractivity contribution < 1.29 is 4.79 Å². The molecule has 0 radical (unpaired) electrons. The predicted octanol–water partition coefficient (Wildman–Crippen LogP) is 2.19. The summed E-state index contributed by atoms with van der Waals surface area (Å²) in [5.74, 6) is -0.290. The lowest BCUT2D eigenvalue weighted by molar-refractivity contribution is -0.123. The van der Waals surface area contributed by atoms with Crippen molar-refractivity contribution in [3.8, 4) is 0 Å². The van der Waals surface area contributed by atoms with Gasteiger partial charge >= 0.3 is 0 Å². The van der Waals surface area contributed by atoms with E-state index in [0.29, 0.717) is 6.04 Å².